The second kappa shape index (κ2) is 6.44. The van der Waals surface area contributed by atoms with Crippen LogP contribution in [0.1, 0.15) is 23.2 Å². The van der Waals surface area contributed by atoms with E-state index in [0.717, 1.165) is 12.8 Å². The Morgan fingerprint density at radius 1 is 1.21 bits per heavy atom. The molecular weight excluding hydrogens is 198 g/mol. The van der Waals surface area contributed by atoms with E-state index in [1.54, 1.807) is 12.1 Å². The Morgan fingerprint density at radius 3 is 2.57 bits per heavy atom. The summed E-state index contributed by atoms with van der Waals surface area (Å²) in [5.74, 6) is 0.640. The zero-order valence-electron chi connectivity index (χ0n) is 8.00. The molecule has 14 heavy (non-hydrogen) atoms. The van der Waals surface area contributed by atoms with Gasteiger partial charge in [0.25, 0.3) is 5.91 Å². The van der Waals surface area contributed by atoms with E-state index in [9.17, 15) is 4.79 Å². The molecule has 76 valence electrons. The van der Waals surface area contributed by atoms with Gasteiger partial charge in [0.15, 0.2) is 0 Å². The summed E-state index contributed by atoms with van der Waals surface area (Å²) in [7, 11) is 0. The minimum atomic E-state index is -0.0137. The first-order valence-electron chi connectivity index (χ1n) is 4.74. The van der Waals surface area contributed by atoms with E-state index in [4.69, 9.17) is 11.6 Å². The number of amides is 1. The van der Waals surface area contributed by atoms with Gasteiger partial charge in [0.2, 0.25) is 0 Å². The standard InChI is InChI=1S/C11H14ClNO/c12-8-4-5-9-13-11(14)10-6-2-1-3-7-10/h1-3,6-7H,4-5,8-9H2,(H,13,14). The van der Waals surface area contributed by atoms with Crippen molar-refractivity contribution >= 4 is 17.5 Å². The van der Waals surface area contributed by atoms with Crippen LogP contribution in [0, 0.1) is 0 Å². The summed E-state index contributed by atoms with van der Waals surface area (Å²) in [5.41, 5.74) is 0.707. The summed E-state index contributed by atoms with van der Waals surface area (Å²) in [5, 5.41) is 2.84. The quantitative estimate of drug-likeness (QED) is 0.588. The lowest BCUT2D eigenvalue weighted by molar-refractivity contribution is 0.0953. The smallest absolute Gasteiger partial charge is 0.251 e. The third-order valence-corrected chi connectivity index (χ3v) is 2.15. The Hall–Kier alpha value is -1.02. The van der Waals surface area contributed by atoms with Gasteiger partial charge < -0.3 is 5.32 Å². The van der Waals surface area contributed by atoms with E-state index >= 15 is 0 Å². The van der Waals surface area contributed by atoms with Crippen LogP contribution in [0.2, 0.25) is 0 Å². The molecule has 0 heterocycles. The highest BCUT2D eigenvalue weighted by molar-refractivity contribution is 6.17. The average Bonchev–Trinajstić information content (AvgIpc) is 2.25. The van der Waals surface area contributed by atoms with E-state index in [1.807, 2.05) is 18.2 Å². The molecular formula is C11H14ClNO. The summed E-state index contributed by atoms with van der Waals surface area (Å²) in [6.07, 6.45) is 1.87. The number of rotatable bonds is 5. The van der Waals surface area contributed by atoms with Crippen LogP contribution in [0.3, 0.4) is 0 Å². The first-order chi connectivity index (χ1) is 6.84. The lowest BCUT2D eigenvalue weighted by Crippen LogP contribution is -2.24. The molecule has 1 rings (SSSR count). The van der Waals surface area contributed by atoms with E-state index in [0.29, 0.717) is 18.0 Å². The number of carbonyl (C=O) groups is 1. The fourth-order valence-electron chi connectivity index (χ4n) is 1.11. The van der Waals surface area contributed by atoms with Gasteiger partial charge in [0.1, 0.15) is 0 Å². The van der Waals surface area contributed by atoms with Gasteiger partial charge in [-0.05, 0) is 25.0 Å². The summed E-state index contributed by atoms with van der Waals surface area (Å²) in [6, 6.07) is 9.21. The predicted octanol–water partition coefficient (Wildman–Crippen LogP) is 2.44. The van der Waals surface area contributed by atoms with Crippen molar-refractivity contribution in [1.82, 2.24) is 5.32 Å². The molecule has 1 amide bonds. The van der Waals surface area contributed by atoms with Gasteiger partial charge in [0.05, 0.1) is 0 Å². The second-order valence-corrected chi connectivity index (χ2v) is 3.40. The topological polar surface area (TPSA) is 29.1 Å². The fourth-order valence-corrected chi connectivity index (χ4v) is 1.30. The van der Waals surface area contributed by atoms with Crippen LogP contribution in [0.15, 0.2) is 30.3 Å². The number of benzene rings is 1. The number of carbonyl (C=O) groups excluding carboxylic acids is 1. The lowest BCUT2D eigenvalue weighted by Gasteiger charge is -2.03. The minimum Gasteiger partial charge on any atom is -0.352 e. The molecule has 0 aliphatic carbocycles. The first kappa shape index (κ1) is 11.1. The lowest BCUT2D eigenvalue weighted by atomic mass is 10.2. The Morgan fingerprint density at radius 2 is 1.93 bits per heavy atom. The SMILES string of the molecule is O=C(NCCCCCl)c1ccccc1. The van der Waals surface area contributed by atoms with E-state index in [1.165, 1.54) is 0 Å². The van der Waals surface area contributed by atoms with Crippen molar-refractivity contribution in [3.63, 3.8) is 0 Å². The zero-order valence-corrected chi connectivity index (χ0v) is 8.76. The van der Waals surface area contributed by atoms with Crippen LogP contribution in [0.4, 0.5) is 0 Å². The van der Waals surface area contributed by atoms with E-state index in [2.05, 4.69) is 5.32 Å². The third-order valence-electron chi connectivity index (χ3n) is 1.88. The average molecular weight is 212 g/mol. The molecule has 0 saturated heterocycles. The molecule has 2 nitrogen and oxygen atoms in total. The van der Waals surface area contributed by atoms with Crippen LogP contribution in [-0.4, -0.2) is 18.3 Å². The largest absolute Gasteiger partial charge is 0.352 e. The second-order valence-electron chi connectivity index (χ2n) is 3.02. The van der Waals surface area contributed by atoms with E-state index in [-0.39, 0.29) is 5.91 Å². The summed E-state index contributed by atoms with van der Waals surface area (Å²) >= 11 is 5.52. The maximum absolute atomic E-state index is 11.5. The molecule has 0 bridgehead atoms. The minimum absolute atomic E-state index is 0.0137. The number of nitrogens with one attached hydrogen (secondary N) is 1. The van der Waals surface area contributed by atoms with Crippen LogP contribution in [-0.2, 0) is 0 Å². The van der Waals surface area contributed by atoms with Crippen LogP contribution < -0.4 is 5.32 Å². The molecule has 1 N–H and O–H groups in total. The molecule has 1 aromatic rings. The van der Waals surface area contributed by atoms with Crippen molar-refractivity contribution in [3.05, 3.63) is 35.9 Å². The molecule has 0 aliphatic rings. The molecule has 0 fully saturated rings. The van der Waals surface area contributed by atoms with Gasteiger partial charge in [0, 0.05) is 18.0 Å². The van der Waals surface area contributed by atoms with Crippen molar-refractivity contribution in [2.75, 3.05) is 12.4 Å². The fraction of sp³-hybridized carbons (Fsp3) is 0.364. The zero-order chi connectivity index (χ0) is 10.2. The maximum atomic E-state index is 11.5. The molecule has 1 aromatic carbocycles. The van der Waals surface area contributed by atoms with Gasteiger partial charge >= 0.3 is 0 Å². The normalized spacial score (nSPS) is 9.79. The summed E-state index contributed by atoms with van der Waals surface area (Å²) in [4.78, 5) is 11.5. The van der Waals surface area contributed by atoms with Gasteiger partial charge in [-0.15, -0.1) is 11.6 Å². The molecule has 0 aromatic heterocycles. The number of halogens is 1. The predicted molar refractivity (Wildman–Crippen MR) is 58.7 cm³/mol. The maximum Gasteiger partial charge on any atom is 0.251 e. The van der Waals surface area contributed by atoms with Gasteiger partial charge in [-0.3, -0.25) is 4.79 Å². The highest BCUT2D eigenvalue weighted by atomic mass is 35.5. The number of hydrogen-bond acceptors (Lipinski definition) is 1. The Balaban J connectivity index is 2.29. The van der Waals surface area contributed by atoms with Gasteiger partial charge in [-0.25, -0.2) is 0 Å². The highest BCUT2D eigenvalue weighted by Crippen LogP contribution is 1.98. The molecule has 0 radical (unpaired) electrons. The number of unbranched alkanes of at least 4 members (excludes halogenated alkanes) is 1. The Kier molecular flexibility index (Phi) is 5.08. The summed E-state index contributed by atoms with van der Waals surface area (Å²) in [6.45, 7) is 0.695. The highest BCUT2D eigenvalue weighted by Gasteiger charge is 2.01. The first-order valence-corrected chi connectivity index (χ1v) is 5.27. The molecule has 0 aliphatic heterocycles. The van der Waals surface area contributed by atoms with Crippen molar-refractivity contribution in [2.24, 2.45) is 0 Å². The van der Waals surface area contributed by atoms with Crippen molar-refractivity contribution < 1.29 is 4.79 Å². The molecule has 0 atom stereocenters. The Bertz CT molecular complexity index is 274. The Labute approximate surface area is 89.3 Å². The molecule has 0 spiro atoms. The van der Waals surface area contributed by atoms with E-state index < -0.39 is 0 Å². The third kappa shape index (κ3) is 3.79. The molecule has 0 saturated carbocycles. The van der Waals surface area contributed by atoms with Crippen molar-refractivity contribution in [2.45, 2.75) is 12.8 Å². The molecule has 3 heteroatoms. The monoisotopic (exact) mass is 211 g/mol. The van der Waals surface area contributed by atoms with Gasteiger partial charge in [-0.1, -0.05) is 18.2 Å². The van der Waals surface area contributed by atoms with Crippen LogP contribution in [0.25, 0.3) is 0 Å². The summed E-state index contributed by atoms with van der Waals surface area (Å²) < 4.78 is 0. The number of hydrogen-bond donors (Lipinski definition) is 1. The number of alkyl halides is 1. The van der Waals surface area contributed by atoms with Crippen molar-refractivity contribution in [1.29, 1.82) is 0 Å². The van der Waals surface area contributed by atoms with Gasteiger partial charge in [-0.2, -0.15) is 0 Å². The van der Waals surface area contributed by atoms with Crippen molar-refractivity contribution in [3.8, 4) is 0 Å². The van der Waals surface area contributed by atoms with Crippen LogP contribution in [0.5, 0.6) is 0 Å². The molecule has 0 unspecified atom stereocenters. The van der Waals surface area contributed by atoms with Crippen LogP contribution >= 0.6 is 11.6 Å².